The van der Waals surface area contributed by atoms with Gasteiger partial charge in [-0.15, -0.1) is 11.8 Å². The predicted octanol–water partition coefficient (Wildman–Crippen LogP) is 6.30. The molecule has 0 saturated heterocycles. The molecule has 4 rings (SSSR count). The van der Waals surface area contributed by atoms with E-state index < -0.39 is 0 Å². The molecule has 0 saturated carbocycles. The van der Waals surface area contributed by atoms with Gasteiger partial charge in [-0.1, -0.05) is 18.2 Å². The summed E-state index contributed by atoms with van der Waals surface area (Å²) in [4.78, 5) is 18.1. The van der Waals surface area contributed by atoms with Gasteiger partial charge in [0.05, 0.1) is 0 Å². The van der Waals surface area contributed by atoms with Crippen molar-refractivity contribution < 1.29 is 9.21 Å². The van der Waals surface area contributed by atoms with Crippen LogP contribution in [0, 0.1) is 20.8 Å². The topological polar surface area (TPSA) is 55.1 Å². The number of pyridine rings is 1. The maximum absolute atomic E-state index is 12.8. The lowest BCUT2D eigenvalue weighted by Gasteiger charge is -2.06. The highest BCUT2D eigenvalue weighted by Gasteiger charge is 2.20. The standard InChI is InChI=1S/C24H22N2O2S/c1-15-6-7-16(2)22-21(15)17(3)23(28-22)24(27)26-19-8-10-20(11-9-19)29-14-18-5-4-12-25-13-18/h4-13H,14H2,1-3H3,(H,26,27). The second-order valence-electron chi connectivity index (χ2n) is 7.09. The number of carbonyl (C=O) groups excluding carboxylic acids is 1. The summed E-state index contributed by atoms with van der Waals surface area (Å²) in [5.41, 5.74) is 5.73. The number of nitrogens with zero attached hydrogens (tertiary/aromatic N) is 1. The summed E-state index contributed by atoms with van der Waals surface area (Å²) >= 11 is 1.73. The Kier molecular flexibility index (Phi) is 5.41. The Hall–Kier alpha value is -3.05. The summed E-state index contributed by atoms with van der Waals surface area (Å²) in [6.45, 7) is 5.97. The molecule has 5 heteroatoms. The van der Waals surface area contributed by atoms with Crippen LogP contribution in [0.25, 0.3) is 11.0 Å². The first-order valence-electron chi connectivity index (χ1n) is 9.45. The van der Waals surface area contributed by atoms with E-state index in [-0.39, 0.29) is 5.91 Å². The van der Waals surface area contributed by atoms with Crippen molar-refractivity contribution in [2.75, 3.05) is 5.32 Å². The smallest absolute Gasteiger partial charge is 0.291 e. The number of hydrogen-bond donors (Lipinski definition) is 1. The van der Waals surface area contributed by atoms with Gasteiger partial charge in [0.25, 0.3) is 5.91 Å². The SMILES string of the molecule is Cc1ccc(C)c2c(C)c(C(=O)Nc3ccc(SCc4cccnc4)cc3)oc12. The molecule has 4 nitrogen and oxygen atoms in total. The summed E-state index contributed by atoms with van der Waals surface area (Å²) in [5.74, 6) is 0.997. The third kappa shape index (κ3) is 4.05. The summed E-state index contributed by atoms with van der Waals surface area (Å²) in [5, 5.41) is 3.97. The number of aromatic nitrogens is 1. The van der Waals surface area contributed by atoms with Gasteiger partial charge in [0.1, 0.15) is 5.58 Å². The van der Waals surface area contributed by atoms with Gasteiger partial charge in [-0.2, -0.15) is 0 Å². The number of aryl methyl sites for hydroxylation is 3. The third-order valence-electron chi connectivity index (χ3n) is 4.93. The predicted molar refractivity (Wildman–Crippen MR) is 119 cm³/mol. The number of anilines is 1. The van der Waals surface area contributed by atoms with E-state index in [1.807, 2.05) is 63.4 Å². The monoisotopic (exact) mass is 402 g/mol. The van der Waals surface area contributed by atoms with E-state index in [1.54, 1.807) is 18.0 Å². The Morgan fingerprint density at radius 3 is 2.48 bits per heavy atom. The molecule has 2 heterocycles. The summed E-state index contributed by atoms with van der Waals surface area (Å²) in [7, 11) is 0. The first-order chi connectivity index (χ1) is 14.0. The van der Waals surface area contributed by atoms with Crippen LogP contribution in [0.1, 0.15) is 32.8 Å². The van der Waals surface area contributed by atoms with Gasteiger partial charge in [0, 0.05) is 39.7 Å². The molecule has 0 aliphatic heterocycles. The maximum Gasteiger partial charge on any atom is 0.291 e. The van der Waals surface area contributed by atoms with Gasteiger partial charge in [0.2, 0.25) is 0 Å². The molecule has 0 radical (unpaired) electrons. The van der Waals surface area contributed by atoms with Crippen molar-refractivity contribution in [2.45, 2.75) is 31.4 Å². The summed E-state index contributed by atoms with van der Waals surface area (Å²) in [6.07, 6.45) is 3.65. The van der Waals surface area contributed by atoms with Crippen LogP contribution in [0.2, 0.25) is 0 Å². The van der Waals surface area contributed by atoms with Crippen LogP contribution in [0.3, 0.4) is 0 Å². The number of nitrogens with one attached hydrogen (secondary N) is 1. The van der Waals surface area contributed by atoms with Crippen LogP contribution in [0.5, 0.6) is 0 Å². The van der Waals surface area contributed by atoms with Crippen molar-refractivity contribution in [3.05, 3.63) is 88.9 Å². The molecule has 1 N–H and O–H groups in total. The first-order valence-corrected chi connectivity index (χ1v) is 10.4. The minimum Gasteiger partial charge on any atom is -0.450 e. The highest BCUT2D eigenvalue weighted by atomic mass is 32.2. The number of fused-ring (bicyclic) bond motifs is 1. The zero-order valence-corrected chi connectivity index (χ0v) is 17.5. The molecule has 0 atom stereocenters. The molecule has 0 spiro atoms. The molecule has 2 aromatic heterocycles. The quantitative estimate of drug-likeness (QED) is 0.398. The molecule has 1 amide bonds. The van der Waals surface area contributed by atoms with Crippen LogP contribution in [0.4, 0.5) is 5.69 Å². The molecule has 0 bridgehead atoms. The minimum absolute atomic E-state index is 0.228. The summed E-state index contributed by atoms with van der Waals surface area (Å²) < 4.78 is 5.93. The van der Waals surface area contributed by atoms with Crippen LogP contribution in [0.15, 0.2) is 70.2 Å². The largest absolute Gasteiger partial charge is 0.450 e. The Labute approximate surface area is 174 Å². The highest BCUT2D eigenvalue weighted by molar-refractivity contribution is 7.98. The van der Waals surface area contributed by atoms with Crippen molar-refractivity contribution in [1.82, 2.24) is 4.98 Å². The lowest BCUT2D eigenvalue weighted by Crippen LogP contribution is -2.12. The van der Waals surface area contributed by atoms with Crippen LogP contribution in [-0.2, 0) is 5.75 Å². The van der Waals surface area contributed by atoms with E-state index in [0.717, 1.165) is 44.0 Å². The van der Waals surface area contributed by atoms with Gasteiger partial charge in [-0.25, -0.2) is 0 Å². The van der Waals surface area contributed by atoms with E-state index in [0.29, 0.717) is 5.76 Å². The maximum atomic E-state index is 12.8. The van der Waals surface area contributed by atoms with Gasteiger partial charge in [-0.05, 0) is 67.8 Å². The molecular weight excluding hydrogens is 380 g/mol. The average molecular weight is 403 g/mol. The fraction of sp³-hybridized carbons (Fsp3) is 0.167. The van der Waals surface area contributed by atoms with E-state index in [1.165, 1.54) is 5.56 Å². The first kappa shape index (κ1) is 19.3. The van der Waals surface area contributed by atoms with Crippen molar-refractivity contribution in [3.8, 4) is 0 Å². The fourth-order valence-electron chi connectivity index (χ4n) is 3.36. The third-order valence-corrected chi connectivity index (χ3v) is 6.01. The molecule has 29 heavy (non-hydrogen) atoms. The second kappa shape index (κ2) is 8.13. The van der Waals surface area contributed by atoms with Crippen molar-refractivity contribution in [3.63, 3.8) is 0 Å². The van der Waals surface area contributed by atoms with E-state index >= 15 is 0 Å². The van der Waals surface area contributed by atoms with Crippen molar-refractivity contribution in [1.29, 1.82) is 0 Å². The highest BCUT2D eigenvalue weighted by Crippen LogP contribution is 2.31. The number of rotatable bonds is 5. The lowest BCUT2D eigenvalue weighted by molar-refractivity contribution is 0.0998. The number of hydrogen-bond acceptors (Lipinski definition) is 4. The lowest BCUT2D eigenvalue weighted by atomic mass is 10.0. The molecular formula is C24H22N2O2S. The van der Waals surface area contributed by atoms with Crippen molar-refractivity contribution in [2.24, 2.45) is 0 Å². The van der Waals surface area contributed by atoms with E-state index in [9.17, 15) is 4.79 Å². The molecule has 0 unspecified atom stereocenters. The molecule has 2 aromatic carbocycles. The van der Waals surface area contributed by atoms with Crippen LogP contribution >= 0.6 is 11.8 Å². The minimum atomic E-state index is -0.228. The Morgan fingerprint density at radius 2 is 1.79 bits per heavy atom. The molecule has 0 fully saturated rings. The summed E-state index contributed by atoms with van der Waals surface area (Å²) in [6, 6.07) is 15.9. The molecule has 0 aliphatic rings. The number of amides is 1. The Balaban J connectivity index is 1.47. The van der Waals surface area contributed by atoms with Crippen LogP contribution < -0.4 is 5.32 Å². The zero-order valence-electron chi connectivity index (χ0n) is 16.7. The fourth-order valence-corrected chi connectivity index (χ4v) is 4.20. The Bertz CT molecular complexity index is 1170. The number of carbonyl (C=O) groups is 1. The molecule has 4 aromatic rings. The van der Waals surface area contributed by atoms with E-state index in [4.69, 9.17) is 4.42 Å². The van der Waals surface area contributed by atoms with Gasteiger partial charge >= 0.3 is 0 Å². The number of thioether (sulfide) groups is 1. The van der Waals surface area contributed by atoms with Gasteiger partial charge < -0.3 is 9.73 Å². The molecule has 146 valence electrons. The van der Waals surface area contributed by atoms with Crippen molar-refractivity contribution >= 4 is 34.3 Å². The van der Waals surface area contributed by atoms with Crippen LogP contribution in [-0.4, -0.2) is 10.9 Å². The van der Waals surface area contributed by atoms with Gasteiger partial charge in [-0.3, -0.25) is 9.78 Å². The second-order valence-corrected chi connectivity index (χ2v) is 8.14. The zero-order chi connectivity index (χ0) is 20.4. The average Bonchev–Trinajstić information content (AvgIpc) is 3.10. The van der Waals surface area contributed by atoms with Gasteiger partial charge in [0.15, 0.2) is 5.76 Å². The number of benzene rings is 2. The normalized spacial score (nSPS) is 11.0. The number of furan rings is 1. The molecule has 0 aliphatic carbocycles. The Morgan fingerprint density at radius 1 is 1.03 bits per heavy atom. The van der Waals surface area contributed by atoms with E-state index in [2.05, 4.69) is 22.4 Å².